The van der Waals surface area contributed by atoms with Crippen LogP contribution in [0.15, 0.2) is 27.6 Å². The van der Waals surface area contributed by atoms with Crippen molar-refractivity contribution in [1.29, 1.82) is 0 Å². The maximum Gasteiger partial charge on any atom is 0.335 e. The second-order valence-electron chi connectivity index (χ2n) is 5.55. The number of sulfonamides is 1. The molecule has 0 spiro atoms. The van der Waals surface area contributed by atoms with Gasteiger partial charge >= 0.3 is 5.97 Å². The number of hydrogen-bond acceptors (Lipinski definition) is 3. The summed E-state index contributed by atoms with van der Waals surface area (Å²) in [5.41, 5.74) is -0.588. The van der Waals surface area contributed by atoms with Gasteiger partial charge < -0.3 is 5.11 Å². The molecule has 1 aliphatic carbocycles. The highest BCUT2D eigenvalue weighted by Crippen LogP contribution is 2.40. The molecule has 1 fully saturated rings. The third-order valence-electron chi connectivity index (χ3n) is 3.46. The lowest BCUT2D eigenvalue weighted by Gasteiger charge is -2.26. The van der Waals surface area contributed by atoms with Gasteiger partial charge in [-0.1, -0.05) is 0 Å². The Hall–Kier alpha value is -0.920. The van der Waals surface area contributed by atoms with E-state index in [0.29, 0.717) is 10.4 Å². The van der Waals surface area contributed by atoms with Crippen molar-refractivity contribution in [1.82, 2.24) is 4.72 Å². The highest BCUT2D eigenvalue weighted by atomic mass is 79.9. The van der Waals surface area contributed by atoms with E-state index in [2.05, 4.69) is 20.7 Å². The predicted octanol–water partition coefficient (Wildman–Crippen LogP) is 2.61. The third kappa shape index (κ3) is 3.21. The van der Waals surface area contributed by atoms with Crippen molar-refractivity contribution in [3.8, 4) is 0 Å². The van der Waals surface area contributed by atoms with Crippen molar-refractivity contribution in [3.05, 3.63) is 28.2 Å². The lowest BCUT2D eigenvalue weighted by atomic mass is 10.0. The highest BCUT2D eigenvalue weighted by molar-refractivity contribution is 9.10. The molecule has 2 rings (SSSR count). The van der Waals surface area contributed by atoms with Crippen LogP contribution in [0.3, 0.4) is 0 Å². The van der Waals surface area contributed by atoms with E-state index in [1.807, 2.05) is 13.8 Å². The first-order valence-electron chi connectivity index (χ1n) is 6.20. The molecule has 1 aromatic rings. The maximum absolute atomic E-state index is 12.4. The molecule has 0 atom stereocenters. The molecule has 2 N–H and O–H groups in total. The van der Waals surface area contributed by atoms with Crippen LogP contribution >= 0.6 is 15.9 Å². The van der Waals surface area contributed by atoms with Crippen LogP contribution in [0.25, 0.3) is 0 Å². The van der Waals surface area contributed by atoms with Gasteiger partial charge in [-0.15, -0.1) is 0 Å². The van der Waals surface area contributed by atoms with Crippen molar-refractivity contribution in [3.63, 3.8) is 0 Å². The number of nitrogens with one attached hydrogen (secondary N) is 1. The van der Waals surface area contributed by atoms with Crippen molar-refractivity contribution in [2.24, 2.45) is 5.92 Å². The minimum absolute atomic E-state index is 0.0499. The van der Waals surface area contributed by atoms with E-state index in [1.165, 1.54) is 12.1 Å². The molecule has 0 bridgehead atoms. The number of carboxylic acid groups (broad SMARTS) is 1. The predicted molar refractivity (Wildman–Crippen MR) is 78.2 cm³/mol. The van der Waals surface area contributed by atoms with Crippen molar-refractivity contribution in [2.45, 2.75) is 37.1 Å². The standard InChI is InChI=1S/C13H16BrNO4S/c1-13(2,9-4-5-9)15-20(18,19)11-7-8(12(16)17)3-6-10(11)14/h3,6-7,9,15H,4-5H2,1-2H3,(H,16,17). The van der Waals surface area contributed by atoms with E-state index >= 15 is 0 Å². The zero-order valence-electron chi connectivity index (χ0n) is 11.2. The largest absolute Gasteiger partial charge is 0.478 e. The minimum atomic E-state index is -3.77. The van der Waals surface area contributed by atoms with Gasteiger partial charge in [0.1, 0.15) is 0 Å². The lowest BCUT2D eigenvalue weighted by Crippen LogP contribution is -2.45. The molecular weight excluding hydrogens is 346 g/mol. The van der Waals surface area contributed by atoms with Gasteiger partial charge in [0.25, 0.3) is 0 Å². The molecule has 1 aromatic carbocycles. The summed E-state index contributed by atoms with van der Waals surface area (Å²) >= 11 is 3.16. The fraction of sp³-hybridized carbons (Fsp3) is 0.462. The quantitative estimate of drug-likeness (QED) is 0.844. The average Bonchev–Trinajstić information content (AvgIpc) is 3.11. The molecule has 0 aromatic heterocycles. The number of hydrogen-bond donors (Lipinski definition) is 2. The summed E-state index contributed by atoms with van der Waals surface area (Å²) in [4.78, 5) is 10.9. The van der Waals surface area contributed by atoms with Gasteiger partial charge in [-0.3, -0.25) is 0 Å². The van der Waals surface area contributed by atoms with Crippen LogP contribution in [0.5, 0.6) is 0 Å². The summed E-state index contributed by atoms with van der Waals surface area (Å²) in [6, 6.07) is 3.96. The first-order valence-corrected chi connectivity index (χ1v) is 8.48. The van der Waals surface area contributed by atoms with E-state index in [-0.39, 0.29) is 10.5 Å². The van der Waals surface area contributed by atoms with Gasteiger partial charge in [-0.2, -0.15) is 0 Å². The average molecular weight is 362 g/mol. The van der Waals surface area contributed by atoms with Crippen LogP contribution in [0.1, 0.15) is 37.0 Å². The number of rotatable bonds is 5. The molecule has 0 amide bonds. The maximum atomic E-state index is 12.4. The van der Waals surface area contributed by atoms with Crippen molar-refractivity contribution in [2.75, 3.05) is 0 Å². The molecule has 0 radical (unpaired) electrons. The number of carboxylic acids is 1. The summed E-state index contributed by atoms with van der Waals surface area (Å²) in [6.07, 6.45) is 2.01. The van der Waals surface area contributed by atoms with Crippen LogP contribution < -0.4 is 4.72 Å². The van der Waals surface area contributed by atoms with Gasteiger partial charge in [-0.05, 0) is 66.7 Å². The molecule has 110 valence electrons. The van der Waals surface area contributed by atoms with Gasteiger partial charge in [-0.25, -0.2) is 17.9 Å². The number of aromatic carboxylic acids is 1. The normalized spacial score (nSPS) is 16.1. The Morgan fingerprint density at radius 3 is 2.50 bits per heavy atom. The summed E-state index contributed by atoms with van der Waals surface area (Å²) in [5.74, 6) is -0.825. The fourth-order valence-electron chi connectivity index (χ4n) is 2.13. The first kappa shape index (κ1) is 15.5. The zero-order chi connectivity index (χ0) is 15.1. The Balaban J connectivity index is 2.38. The molecule has 0 saturated heterocycles. The monoisotopic (exact) mass is 361 g/mol. The highest BCUT2D eigenvalue weighted by Gasteiger charge is 2.41. The Morgan fingerprint density at radius 2 is 2.00 bits per heavy atom. The number of carbonyl (C=O) groups is 1. The summed E-state index contributed by atoms with van der Waals surface area (Å²) in [6.45, 7) is 3.69. The Kier molecular flexibility index (Phi) is 3.96. The number of halogens is 1. The van der Waals surface area contributed by atoms with Crippen LogP contribution in [-0.2, 0) is 10.0 Å². The van der Waals surface area contributed by atoms with Gasteiger partial charge in [0, 0.05) is 10.0 Å². The minimum Gasteiger partial charge on any atom is -0.478 e. The second kappa shape index (κ2) is 5.13. The van der Waals surface area contributed by atoms with E-state index in [1.54, 1.807) is 0 Å². The Morgan fingerprint density at radius 1 is 1.40 bits per heavy atom. The smallest absolute Gasteiger partial charge is 0.335 e. The molecule has 1 aliphatic rings. The molecule has 20 heavy (non-hydrogen) atoms. The zero-order valence-corrected chi connectivity index (χ0v) is 13.6. The fourth-order valence-corrected chi connectivity index (χ4v) is 4.59. The van der Waals surface area contributed by atoms with Crippen LogP contribution in [0.2, 0.25) is 0 Å². The van der Waals surface area contributed by atoms with Crippen molar-refractivity contribution >= 4 is 31.9 Å². The Labute approximate surface area is 126 Å². The first-order chi connectivity index (χ1) is 9.13. The lowest BCUT2D eigenvalue weighted by molar-refractivity contribution is 0.0696. The molecule has 1 saturated carbocycles. The van der Waals surface area contributed by atoms with E-state index < -0.39 is 21.5 Å². The van der Waals surface area contributed by atoms with Crippen LogP contribution in [0.4, 0.5) is 0 Å². The molecule has 0 unspecified atom stereocenters. The molecule has 5 nitrogen and oxygen atoms in total. The van der Waals surface area contributed by atoms with Crippen LogP contribution in [-0.4, -0.2) is 25.0 Å². The SMILES string of the molecule is CC(C)(NS(=O)(=O)c1cc(C(=O)O)ccc1Br)C1CC1. The van der Waals surface area contributed by atoms with Gasteiger partial charge in [0.15, 0.2) is 0 Å². The molecule has 7 heteroatoms. The molecule has 0 aliphatic heterocycles. The van der Waals surface area contributed by atoms with Gasteiger partial charge in [0.2, 0.25) is 10.0 Å². The summed E-state index contributed by atoms with van der Waals surface area (Å²) < 4.78 is 27.9. The summed E-state index contributed by atoms with van der Waals surface area (Å²) in [7, 11) is -3.77. The molecule has 0 heterocycles. The Bertz CT molecular complexity index is 650. The van der Waals surface area contributed by atoms with E-state index in [9.17, 15) is 13.2 Å². The topological polar surface area (TPSA) is 83.5 Å². The van der Waals surface area contributed by atoms with Crippen LogP contribution in [0, 0.1) is 5.92 Å². The summed E-state index contributed by atoms with van der Waals surface area (Å²) in [5, 5.41) is 8.97. The molecular formula is C13H16BrNO4S. The third-order valence-corrected chi connectivity index (χ3v) is 6.13. The van der Waals surface area contributed by atoms with E-state index in [0.717, 1.165) is 18.9 Å². The van der Waals surface area contributed by atoms with E-state index in [4.69, 9.17) is 5.11 Å². The number of benzene rings is 1. The second-order valence-corrected chi connectivity index (χ2v) is 8.06. The van der Waals surface area contributed by atoms with Gasteiger partial charge in [0.05, 0.1) is 10.5 Å². The van der Waals surface area contributed by atoms with Crippen molar-refractivity contribution < 1.29 is 18.3 Å².